The van der Waals surface area contributed by atoms with Crippen LogP contribution in [0, 0.1) is 0 Å². The van der Waals surface area contributed by atoms with Gasteiger partial charge in [0.15, 0.2) is 0 Å². The molecule has 0 radical (unpaired) electrons. The van der Waals surface area contributed by atoms with Gasteiger partial charge in [-0.2, -0.15) is 0 Å². The Hall–Kier alpha value is -3.64. The fourth-order valence-corrected chi connectivity index (χ4v) is 3.13. The van der Waals surface area contributed by atoms with E-state index in [9.17, 15) is 9.59 Å². The van der Waals surface area contributed by atoms with Gasteiger partial charge < -0.3 is 20.9 Å². The number of nitrogens with two attached hydrogens (primary N) is 1. The molecule has 6 nitrogen and oxygen atoms in total. The number of nitrogens with zero attached hydrogens (tertiary/aromatic N) is 2. The molecule has 0 unspecified atom stereocenters. The van der Waals surface area contributed by atoms with Gasteiger partial charge in [-0.1, -0.05) is 42.5 Å². The highest BCUT2D eigenvalue weighted by Crippen LogP contribution is 2.18. The summed E-state index contributed by atoms with van der Waals surface area (Å²) in [6, 6.07) is 23.7. The number of hydrogen-bond acceptors (Lipinski definition) is 4. The summed E-state index contributed by atoms with van der Waals surface area (Å²) in [5.41, 5.74) is 9.03. The zero-order chi connectivity index (χ0) is 22.2. The molecule has 3 N–H and O–H groups in total. The fraction of sp³-hybridized carbons (Fsp3) is 0.200. The number of nitrogens with one attached hydrogen (secondary N) is 1. The van der Waals surface area contributed by atoms with Crippen LogP contribution in [-0.4, -0.2) is 48.8 Å². The standard InChI is InChI=1S/C25H28N4O2/c1-28(2)16-17-29(18-19-8-4-3-5-9-19)25(31)21-14-12-20(13-15-21)24(30)27-23-11-7-6-10-22(23)26/h3-15H,16-18,26H2,1-2H3,(H,27,30). The predicted molar refractivity (Wildman–Crippen MR) is 125 cm³/mol. The highest BCUT2D eigenvalue weighted by molar-refractivity contribution is 6.06. The Labute approximate surface area is 183 Å². The van der Waals surface area contributed by atoms with Crippen molar-refractivity contribution in [1.82, 2.24) is 9.80 Å². The van der Waals surface area contributed by atoms with Gasteiger partial charge in [-0.3, -0.25) is 9.59 Å². The maximum atomic E-state index is 13.2. The average Bonchev–Trinajstić information content (AvgIpc) is 2.78. The average molecular weight is 417 g/mol. The molecule has 0 atom stereocenters. The van der Waals surface area contributed by atoms with E-state index in [0.717, 1.165) is 12.1 Å². The predicted octanol–water partition coefficient (Wildman–Crippen LogP) is 3.73. The first kappa shape index (κ1) is 22.1. The van der Waals surface area contributed by atoms with E-state index in [1.54, 1.807) is 36.4 Å². The molecule has 3 rings (SSSR count). The summed E-state index contributed by atoms with van der Waals surface area (Å²) in [5.74, 6) is -0.337. The molecule has 3 aromatic carbocycles. The van der Waals surface area contributed by atoms with Crippen LogP contribution in [-0.2, 0) is 6.54 Å². The minimum atomic E-state index is -0.273. The van der Waals surface area contributed by atoms with Crippen molar-refractivity contribution in [2.24, 2.45) is 0 Å². The summed E-state index contributed by atoms with van der Waals surface area (Å²) in [6.07, 6.45) is 0. The first-order valence-electron chi connectivity index (χ1n) is 10.2. The summed E-state index contributed by atoms with van der Waals surface area (Å²) in [6.45, 7) is 1.90. The van der Waals surface area contributed by atoms with Crippen molar-refractivity contribution >= 4 is 23.2 Å². The smallest absolute Gasteiger partial charge is 0.255 e. The minimum absolute atomic E-state index is 0.0648. The Kier molecular flexibility index (Phi) is 7.40. The van der Waals surface area contributed by atoms with E-state index in [4.69, 9.17) is 5.73 Å². The number of para-hydroxylation sites is 2. The van der Waals surface area contributed by atoms with Crippen LogP contribution in [0.1, 0.15) is 26.3 Å². The number of likely N-dealkylation sites (N-methyl/N-ethyl adjacent to an activating group) is 1. The molecular formula is C25H28N4O2. The zero-order valence-corrected chi connectivity index (χ0v) is 17.9. The topological polar surface area (TPSA) is 78.7 Å². The molecule has 0 spiro atoms. The third-order valence-electron chi connectivity index (χ3n) is 4.92. The number of amides is 2. The largest absolute Gasteiger partial charge is 0.397 e. The maximum Gasteiger partial charge on any atom is 0.255 e. The van der Waals surface area contributed by atoms with Crippen LogP contribution >= 0.6 is 0 Å². The Morgan fingerprint density at radius 3 is 2.06 bits per heavy atom. The summed E-state index contributed by atoms with van der Waals surface area (Å²) in [4.78, 5) is 29.6. The number of nitrogen functional groups attached to an aromatic ring is 1. The van der Waals surface area contributed by atoms with Crippen LogP contribution in [0.25, 0.3) is 0 Å². The van der Waals surface area contributed by atoms with Crippen molar-refractivity contribution in [3.8, 4) is 0 Å². The summed E-state index contributed by atoms with van der Waals surface area (Å²) < 4.78 is 0. The Bertz CT molecular complexity index is 1020. The van der Waals surface area contributed by atoms with E-state index in [0.29, 0.717) is 35.6 Å². The molecule has 0 fully saturated rings. The summed E-state index contributed by atoms with van der Waals surface area (Å²) >= 11 is 0. The quantitative estimate of drug-likeness (QED) is 0.549. The van der Waals surface area contributed by atoms with Crippen molar-refractivity contribution < 1.29 is 9.59 Å². The number of rotatable bonds is 8. The Balaban J connectivity index is 1.72. The molecular weight excluding hydrogens is 388 g/mol. The first-order chi connectivity index (χ1) is 14.9. The summed E-state index contributed by atoms with van der Waals surface area (Å²) in [5, 5.41) is 2.80. The second kappa shape index (κ2) is 10.4. The molecule has 0 saturated heterocycles. The van der Waals surface area contributed by atoms with Crippen molar-refractivity contribution in [1.29, 1.82) is 0 Å². The highest BCUT2D eigenvalue weighted by atomic mass is 16.2. The van der Waals surface area contributed by atoms with Crippen molar-refractivity contribution in [3.05, 3.63) is 95.6 Å². The lowest BCUT2D eigenvalue weighted by Gasteiger charge is -2.25. The van der Waals surface area contributed by atoms with E-state index in [1.807, 2.05) is 66.4 Å². The van der Waals surface area contributed by atoms with Crippen LogP contribution < -0.4 is 11.1 Å². The van der Waals surface area contributed by atoms with Gasteiger partial charge >= 0.3 is 0 Å². The molecule has 2 amide bonds. The van der Waals surface area contributed by atoms with Gasteiger partial charge in [-0.25, -0.2) is 0 Å². The van der Waals surface area contributed by atoms with Crippen LogP contribution in [0.3, 0.4) is 0 Å². The molecule has 31 heavy (non-hydrogen) atoms. The van der Waals surface area contributed by atoms with E-state index in [1.165, 1.54) is 0 Å². The third kappa shape index (κ3) is 6.17. The fourth-order valence-electron chi connectivity index (χ4n) is 3.13. The Morgan fingerprint density at radius 1 is 0.806 bits per heavy atom. The lowest BCUT2D eigenvalue weighted by atomic mass is 10.1. The second-order valence-corrected chi connectivity index (χ2v) is 7.63. The van der Waals surface area contributed by atoms with E-state index >= 15 is 0 Å². The number of anilines is 2. The van der Waals surface area contributed by atoms with Crippen LogP contribution in [0.5, 0.6) is 0 Å². The third-order valence-corrected chi connectivity index (χ3v) is 4.92. The molecule has 3 aromatic rings. The van der Waals surface area contributed by atoms with Crippen molar-refractivity contribution in [3.63, 3.8) is 0 Å². The molecule has 0 saturated carbocycles. The van der Waals surface area contributed by atoms with E-state index in [2.05, 4.69) is 5.32 Å². The van der Waals surface area contributed by atoms with Gasteiger partial charge in [0.25, 0.3) is 11.8 Å². The second-order valence-electron chi connectivity index (χ2n) is 7.63. The SMILES string of the molecule is CN(C)CCN(Cc1ccccc1)C(=O)c1ccc(C(=O)Nc2ccccc2N)cc1. The minimum Gasteiger partial charge on any atom is -0.397 e. The van der Waals surface area contributed by atoms with Crippen LogP contribution in [0.4, 0.5) is 11.4 Å². The molecule has 6 heteroatoms. The Morgan fingerprint density at radius 2 is 1.42 bits per heavy atom. The number of benzene rings is 3. The van der Waals surface area contributed by atoms with Gasteiger partial charge in [-0.15, -0.1) is 0 Å². The number of hydrogen-bond donors (Lipinski definition) is 2. The molecule has 0 bridgehead atoms. The molecule has 160 valence electrons. The van der Waals surface area contributed by atoms with Gasteiger partial charge in [0, 0.05) is 30.8 Å². The highest BCUT2D eigenvalue weighted by Gasteiger charge is 2.17. The molecule has 0 heterocycles. The summed E-state index contributed by atoms with van der Waals surface area (Å²) in [7, 11) is 3.97. The van der Waals surface area contributed by atoms with Gasteiger partial charge in [0.05, 0.1) is 11.4 Å². The van der Waals surface area contributed by atoms with E-state index < -0.39 is 0 Å². The monoisotopic (exact) mass is 416 g/mol. The normalized spacial score (nSPS) is 10.7. The number of carbonyl (C=O) groups excluding carboxylic acids is 2. The molecule has 0 aromatic heterocycles. The lowest BCUT2D eigenvalue weighted by Crippen LogP contribution is -2.36. The first-order valence-corrected chi connectivity index (χ1v) is 10.2. The van der Waals surface area contributed by atoms with Gasteiger partial charge in [0.1, 0.15) is 0 Å². The molecule has 0 aliphatic carbocycles. The molecule has 0 aliphatic rings. The lowest BCUT2D eigenvalue weighted by molar-refractivity contribution is 0.0731. The van der Waals surface area contributed by atoms with Crippen LogP contribution in [0.2, 0.25) is 0 Å². The van der Waals surface area contributed by atoms with Crippen LogP contribution in [0.15, 0.2) is 78.9 Å². The zero-order valence-electron chi connectivity index (χ0n) is 17.9. The molecule has 0 aliphatic heterocycles. The van der Waals surface area contributed by atoms with Crippen molar-refractivity contribution in [2.45, 2.75) is 6.54 Å². The van der Waals surface area contributed by atoms with Gasteiger partial charge in [-0.05, 0) is 56.1 Å². The maximum absolute atomic E-state index is 13.2. The van der Waals surface area contributed by atoms with Gasteiger partial charge in [0.2, 0.25) is 0 Å². The van der Waals surface area contributed by atoms with E-state index in [-0.39, 0.29) is 11.8 Å². The van der Waals surface area contributed by atoms with Crippen molar-refractivity contribution in [2.75, 3.05) is 38.2 Å². The number of carbonyl (C=O) groups is 2.